The number of methoxy groups -OCH3 is 1. The molecule has 0 unspecified atom stereocenters. The van der Waals surface area contributed by atoms with Gasteiger partial charge in [-0.1, -0.05) is 6.07 Å². The highest BCUT2D eigenvalue weighted by atomic mass is 16.5. The number of rotatable bonds is 2. The Bertz CT molecular complexity index is 567. The molecule has 0 saturated heterocycles. The van der Waals surface area contributed by atoms with Gasteiger partial charge in [-0.25, -0.2) is 0 Å². The molecular formula is C12H14N2O2. The van der Waals surface area contributed by atoms with Gasteiger partial charge in [0.15, 0.2) is 0 Å². The summed E-state index contributed by atoms with van der Waals surface area (Å²) >= 11 is 0. The second kappa shape index (κ2) is 3.89. The fourth-order valence-electron chi connectivity index (χ4n) is 1.65. The summed E-state index contributed by atoms with van der Waals surface area (Å²) in [6.07, 6.45) is 0. The summed E-state index contributed by atoms with van der Waals surface area (Å²) in [6.45, 7) is 2.00. The van der Waals surface area contributed by atoms with Crippen LogP contribution in [0, 0.1) is 6.92 Å². The first-order valence-electron chi connectivity index (χ1n) is 5.03. The number of aromatic amines is 1. The van der Waals surface area contributed by atoms with Gasteiger partial charge in [0.1, 0.15) is 5.75 Å². The molecule has 0 radical (unpaired) electrons. The molecule has 84 valence electrons. The van der Waals surface area contributed by atoms with E-state index in [1.54, 1.807) is 20.2 Å². The number of hydrogen-bond donors (Lipinski definition) is 1. The van der Waals surface area contributed by atoms with Crippen molar-refractivity contribution in [3.8, 4) is 17.0 Å². The zero-order chi connectivity index (χ0) is 11.7. The number of ether oxygens (including phenoxy) is 1. The summed E-state index contributed by atoms with van der Waals surface area (Å²) < 4.78 is 6.74. The molecule has 0 aliphatic heterocycles. The zero-order valence-corrected chi connectivity index (χ0v) is 9.57. The molecule has 1 aromatic carbocycles. The number of hydrogen-bond acceptors (Lipinski definition) is 2. The SMILES string of the molecule is COc1cc(C)ccc1-c1cc(=O)n(C)[nH]1. The third-order valence-electron chi connectivity index (χ3n) is 2.53. The summed E-state index contributed by atoms with van der Waals surface area (Å²) in [5.74, 6) is 0.766. The average molecular weight is 218 g/mol. The van der Waals surface area contributed by atoms with Crippen LogP contribution < -0.4 is 10.3 Å². The molecular weight excluding hydrogens is 204 g/mol. The Morgan fingerprint density at radius 3 is 2.62 bits per heavy atom. The lowest BCUT2D eigenvalue weighted by Gasteiger charge is -2.07. The first-order valence-corrected chi connectivity index (χ1v) is 5.03. The van der Waals surface area contributed by atoms with E-state index in [4.69, 9.17) is 4.74 Å². The average Bonchev–Trinajstić information content (AvgIpc) is 2.59. The minimum atomic E-state index is -0.0578. The van der Waals surface area contributed by atoms with Crippen molar-refractivity contribution in [2.75, 3.05) is 7.11 Å². The van der Waals surface area contributed by atoms with E-state index in [0.717, 1.165) is 22.6 Å². The van der Waals surface area contributed by atoms with Crippen LogP contribution in [-0.2, 0) is 7.05 Å². The van der Waals surface area contributed by atoms with Gasteiger partial charge >= 0.3 is 0 Å². The Hall–Kier alpha value is -1.97. The summed E-state index contributed by atoms with van der Waals surface area (Å²) in [7, 11) is 3.31. The smallest absolute Gasteiger partial charge is 0.266 e. The minimum absolute atomic E-state index is 0.0578. The monoisotopic (exact) mass is 218 g/mol. The Labute approximate surface area is 93.5 Å². The minimum Gasteiger partial charge on any atom is -0.496 e. The maximum absolute atomic E-state index is 11.4. The molecule has 16 heavy (non-hydrogen) atoms. The van der Waals surface area contributed by atoms with Gasteiger partial charge in [-0.15, -0.1) is 0 Å². The molecule has 4 nitrogen and oxygen atoms in total. The molecule has 0 fully saturated rings. The van der Waals surface area contributed by atoms with Crippen molar-refractivity contribution in [3.05, 3.63) is 40.2 Å². The molecule has 0 aliphatic carbocycles. The second-order valence-corrected chi connectivity index (χ2v) is 3.77. The zero-order valence-electron chi connectivity index (χ0n) is 9.57. The van der Waals surface area contributed by atoms with Crippen LogP contribution in [-0.4, -0.2) is 16.9 Å². The molecule has 0 saturated carbocycles. The second-order valence-electron chi connectivity index (χ2n) is 3.77. The molecule has 2 aromatic rings. The van der Waals surface area contributed by atoms with Gasteiger partial charge in [-0.3, -0.25) is 14.6 Å². The Morgan fingerprint density at radius 1 is 1.31 bits per heavy atom. The molecule has 0 bridgehead atoms. The molecule has 4 heteroatoms. The third-order valence-corrected chi connectivity index (χ3v) is 2.53. The van der Waals surface area contributed by atoms with Crippen molar-refractivity contribution in [2.24, 2.45) is 7.05 Å². The molecule has 0 atom stereocenters. The first-order chi connectivity index (χ1) is 7.61. The quantitative estimate of drug-likeness (QED) is 0.833. The summed E-state index contributed by atoms with van der Waals surface area (Å²) in [4.78, 5) is 11.4. The van der Waals surface area contributed by atoms with Crippen LogP contribution >= 0.6 is 0 Å². The van der Waals surface area contributed by atoms with Gasteiger partial charge in [-0.2, -0.15) is 0 Å². The standard InChI is InChI=1S/C12H14N2O2/c1-8-4-5-9(11(6-8)16-3)10-7-12(15)14(2)13-10/h4-7,13H,1-3H3. The van der Waals surface area contributed by atoms with Gasteiger partial charge in [0.2, 0.25) is 0 Å². The highest BCUT2D eigenvalue weighted by Crippen LogP contribution is 2.28. The predicted molar refractivity (Wildman–Crippen MR) is 62.8 cm³/mol. The molecule has 1 aromatic heterocycles. The van der Waals surface area contributed by atoms with Crippen LogP contribution in [0.3, 0.4) is 0 Å². The number of nitrogens with zero attached hydrogens (tertiary/aromatic N) is 1. The maximum Gasteiger partial charge on any atom is 0.266 e. The third kappa shape index (κ3) is 1.74. The topological polar surface area (TPSA) is 47.0 Å². The molecule has 0 aliphatic rings. The maximum atomic E-state index is 11.4. The fourth-order valence-corrected chi connectivity index (χ4v) is 1.65. The van der Waals surface area contributed by atoms with Gasteiger partial charge in [0.05, 0.1) is 12.8 Å². The summed E-state index contributed by atoms with van der Waals surface area (Å²) in [6, 6.07) is 7.44. The van der Waals surface area contributed by atoms with Gasteiger partial charge in [0.25, 0.3) is 5.56 Å². The van der Waals surface area contributed by atoms with Crippen molar-refractivity contribution in [1.29, 1.82) is 0 Å². The van der Waals surface area contributed by atoms with Crippen molar-refractivity contribution in [2.45, 2.75) is 6.92 Å². The normalized spacial score (nSPS) is 10.4. The summed E-state index contributed by atoms with van der Waals surface area (Å²) in [5, 5.41) is 2.98. The predicted octanol–water partition coefficient (Wildman–Crippen LogP) is 1.70. The molecule has 2 rings (SSSR count). The van der Waals surface area contributed by atoms with E-state index < -0.39 is 0 Å². The van der Waals surface area contributed by atoms with Gasteiger partial charge in [0, 0.05) is 18.7 Å². The number of benzene rings is 1. The number of nitrogens with one attached hydrogen (secondary N) is 1. The van der Waals surface area contributed by atoms with Gasteiger partial charge in [-0.05, 0) is 24.6 Å². The Balaban J connectivity index is 2.59. The summed E-state index contributed by atoms with van der Waals surface area (Å²) in [5.41, 5.74) is 2.73. The van der Waals surface area contributed by atoms with E-state index in [9.17, 15) is 4.79 Å². The van der Waals surface area contributed by atoms with Crippen LogP contribution in [0.5, 0.6) is 5.75 Å². The number of aromatic nitrogens is 2. The largest absolute Gasteiger partial charge is 0.496 e. The van der Waals surface area contributed by atoms with Crippen LogP contribution in [0.4, 0.5) is 0 Å². The van der Waals surface area contributed by atoms with E-state index >= 15 is 0 Å². The van der Waals surface area contributed by atoms with Gasteiger partial charge < -0.3 is 4.74 Å². The van der Waals surface area contributed by atoms with Crippen molar-refractivity contribution < 1.29 is 4.74 Å². The van der Waals surface area contributed by atoms with Crippen LogP contribution in [0.1, 0.15) is 5.56 Å². The van der Waals surface area contributed by atoms with Crippen molar-refractivity contribution >= 4 is 0 Å². The van der Waals surface area contributed by atoms with Crippen LogP contribution in [0.2, 0.25) is 0 Å². The Morgan fingerprint density at radius 2 is 2.06 bits per heavy atom. The Kier molecular flexibility index (Phi) is 2.56. The van der Waals surface area contributed by atoms with Crippen molar-refractivity contribution in [3.63, 3.8) is 0 Å². The van der Waals surface area contributed by atoms with E-state index in [0.29, 0.717) is 0 Å². The highest BCUT2D eigenvalue weighted by molar-refractivity contribution is 5.67. The lowest BCUT2D eigenvalue weighted by atomic mass is 10.1. The fraction of sp³-hybridized carbons (Fsp3) is 0.250. The lowest BCUT2D eigenvalue weighted by molar-refractivity contribution is 0.416. The first kappa shape index (κ1) is 10.5. The van der Waals surface area contributed by atoms with Crippen LogP contribution in [0.15, 0.2) is 29.1 Å². The lowest BCUT2D eigenvalue weighted by Crippen LogP contribution is -2.09. The number of H-pyrrole nitrogens is 1. The number of aryl methyl sites for hydroxylation is 2. The molecule has 0 spiro atoms. The van der Waals surface area contributed by atoms with Crippen LogP contribution in [0.25, 0.3) is 11.3 Å². The van der Waals surface area contributed by atoms with E-state index in [2.05, 4.69) is 5.10 Å². The van der Waals surface area contributed by atoms with E-state index in [1.165, 1.54) is 4.68 Å². The van der Waals surface area contributed by atoms with E-state index in [-0.39, 0.29) is 5.56 Å². The highest BCUT2D eigenvalue weighted by Gasteiger charge is 2.08. The molecule has 1 N–H and O–H groups in total. The van der Waals surface area contributed by atoms with E-state index in [1.807, 2.05) is 25.1 Å². The molecule has 0 amide bonds. The molecule has 1 heterocycles. The van der Waals surface area contributed by atoms with Crippen molar-refractivity contribution in [1.82, 2.24) is 9.78 Å².